The molecule has 0 fully saturated rings. The first-order valence-corrected chi connectivity index (χ1v) is 7.67. The van der Waals surface area contributed by atoms with Crippen LogP contribution in [0.1, 0.15) is 39.2 Å². The van der Waals surface area contributed by atoms with Crippen molar-refractivity contribution >= 4 is 16.3 Å². The molecule has 0 heterocycles. The van der Waals surface area contributed by atoms with Crippen LogP contribution in [0.3, 0.4) is 0 Å². The van der Waals surface area contributed by atoms with E-state index in [4.69, 9.17) is 0 Å². The van der Waals surface area contributed by atoms with E-state index in [0.717, 1.165) is 34.1 Å². The van der Waals surface area contributed by atoms with E-state index in [1.165, 1.54) is 5.39 Å². The van der Waals surface area contributed by atoms with Crippen molar-refractivity contribution in [3.8, 4) is 0 Å². The summed E-state index contributed by atoms with van der Waals surface area (Å²) in [7, 11) is 0. The van der Waals surface area contributed by atoms with Gasteiger partial charge in [-0.3, -0.25) is 0 Å². The third-order valence-corrected chi connectivity index (χ3v) is 4.10. The maximum atomic E-state index is 9.87. The third-order valence-electron chi connectivity index (χ3n) is 4.10. The molecule has 2 aromatic rings. The predicted octanol–water partition coefficient (Wildman–Crippen LogP) is 5.24. The van der Waals surface area contributed by atoms with Crippen LogP contribution < -0.4 is 0 Å². The molecule has 0 aromatic heterocycles. The Hall–Kier alpha value is -2.06. The lowest BCUT2D eigenvalue weighted by atomic mass is 9.93. The molecule has 0 saturated carbocycles. The zero-order chi connectivity index (χ0) is 16.1. The minimum absolute atomic E-state index is 0.00935. The molecular formula is C20H24O2. The zero-order valence-corrected chi connectivity index (χ0v) is 13.6. The van der Waals surface area contributed by atoms with Crippen LogP contribution in [0.15, 0.2) is 59.4 Å². The van der Waals surface area contributed by atoms with Gasteiger partial charge in [0.2, 0.25) is 0 Å². The molecule has 0 bridgehead atoms. The van der Waals surface area contributed by atoms with E-state index >= 15 is 0 Å². The van der Waals surface area contributed by atoms with Crippen molar-refractivity contribution in [3.63, 3.8) is 0 Å². The zero-order valence-electron chi connectivity index (χ0n) is 13.6. The molecule has 0 aliphatic rings. The van der Waals surface area contributed by atoms with E-state index in [9.17, 15) is 10.2 Å². The van der Waals surface area contributed by atoms with Gasteiger partial charge in [0.25, 0.3) is 0 Å². The fourth-order valence-electron chi connectivity index (χ4n) is 2.65. The summed E-state index contributed by atoms with van der Waals surface area (Å²) in [6, 6.07) is 14.4. The van der Waals surface area contributed by atoms with Crippen molar-refractivity contribution in [2.75, 3.05) is 6.61 Å². The molecule has 22 heavy (non-hydrogen) atoms. The molecule has 2 heteroatoms. The number of fused-ring (bicyclic) bond motifs is 1. The Bertz CT molecular complexity index is 714. The lowest BCUT2D eigenvalue weighted by Gasteiger charge is -2.13. The van der Waals surface area contributed by atoms with Crippen molar-refractivity contribution in [1.82, 2.24) is 0 Å². The maximum absolute atomic E-state index is 9.87. The highest BCUT2D eigenvalue weighted by atomic mass is 16.3. The molecule has 2 rings (SSSR count). The average molecular weight is 296 g/mol. The van der Waals surface area contributed by atoms with Gasteiger partial charge in [0.05, 0.1) is 12.4 Å². The average Bonchev–Trinajstić information content (AvgIpc) is 2.53. The van der Waals surface area contributed by atoms with E-state index in [1.807, 2.05) is 39.0 Å². The molecule has 0 saturated heterocycles. The summed E-state index contributed by atoms with van der Waals surface area (Å²) in [5.41, 5.74) is 4.10. The summed E-state index contributed by atoms with van der Waals surface area (Å²) in [6.45, 7) is 5.86. The number of aliphatic hydroxyl groups excluding tert-OH is 2. The molecule has 0 unspecified atom stereocenters. The molecule has 0 aliphatic carbocycles. The smallest absolute Gasteiger partial charge is 0.0912 e. The van der Waals surface area contributed by atoms with Crippen LogP contribution in [0, 0.1) is 0 Å². The summed E-state index contributed by atoms with van der Waals surface area (Å²) in [6.07, 6.45) is 1.36. The number of hydrogen-bond acceptors (Lipinski definition) is 2. The molecule has 0 atom stereocenters. The van der Waals surface area contributed by atoms with E-state index in [2.05, 4.69) is 24.3 Å². The third kappa shape index (κ3) is 3.58. The SMILES string of the molecule is CC(C)=C(O)CC/C(C)=C(\CO)c1cccc2ccccc12. The Morgan fingerprint density at radius 1 is 0.909 bits per heavy atom. The molecular weight excluding hydrogens is 272 g/mol. The minimum Gasteiger partial charge on any atom is -0.512 e. The minimum atomic E-state index is 0.00935. The topological polar surface area (TPSA) is 40.5 Å². The Labute approximate surface area is 132 Å². The molecule has 116 valence electrons. The predicted molar refractivity (Wildman–Crippen MR) is 93.9 cm³/mol. The largest absolute Gasteiger partial charge is 0.512 e. The molecule has 0 aliphatic heterocycles. The highest BCUT2D eigenvalue weighted by molar-refractivity contribution is 5.94. The van der Waals surface area contributed by atoms with Crippen molar-refractivity contribution < 1.29 is 10.2 Å². The van der Waals surface area contributed by atoms with Crippen LogP contribution in [0.25, 0.3) is 16.3 Å². The van der Waals surface area contributed by atoms with E-state index in [0.29, 0.717) is 12.2 Å². The lowest BCUT2D eigenvalue weighted by Crippen LogP contribution is -1.97. The first kappa shape index (κ1) is 16.3. The summed E-state index contributed by atoms with van der Waals surface area (Å²) in [5.74, 6) is 0.439. The second-order valence-corrected chi connectivity index (χ2v) is 5.89. The highest BCUT2D eigenvalue weighted by Gasteiger charge is 2.09. The van der Waals surface area contributed by atoms with Crippen LogP contribution in [0.5, 0.6) is 0 Å². The maximum Gasteiger partial charge on any atom is 0.0912 e. The Morgan fingerprint density at radius 3 is 2.27 bits per heavy atom. The second kappa shape index (κ2) is 7.28. The number of hydrogen-bond donors (Lipinski definition) is 2. The number of aliphatic hydroxyl groups is 2. The summed E-state index contributed by atoms with van der Waals surface area (Å²) in [4.78, 5) is 0. The number of rotatable bonds is 5. The van der Waals surface area contributed by atoms with Crippen LogP contribution in [-0.4, -0.2) is 16.8 Å². The van der Waals surface area contributed by atoms with Crippen LogP contribution in [0.4, 0.5) is 0 Å². The van der Waals surface area contributed by atoms with Gasteiger partial charge < -0.3 is 10.2 Å². The molecule has 2 N–H and O–H groups in total. The number of allylic oxidation sites excluding steroid dienone is 3. The Kier molecular flexibility index (Phi) is 5.40. The second-order valence-electron chi connectivity index (χ2n) is 5.89. The fraction of sp³-hybridized carbons (Fsp3) is 0.300. The Morgan fingerprint density at radius 2 is 1.59 bits per heavy atom. The van der Waals surface area contributed by atoms with E-state index in [-0.39, 0.29) is 6.61 Å². The van der Waals surface area contributed by atoms with Gasteiger partial charge in [-0.15, -0.1) is 0 Å². The van der Waals surface area contributed by atoms with Crippen LogP contribution in [-0.2, 0) is 0 Å². The van der Waals surface area contributed by atoms with Gasteiger partial charge in [0, 0.05) is 6.42 Å². The van der Waals surface area contributed by atoms with Crippen LogP contribution >= 0.6 is 0 Å². The number of benzene rings is 2. The van der Waals surface area contributed by atoms with Gasteiger partial charge in [-0.25, -0.2) is 0 Å². The molecule has 0 amide bonds. The first-order chi connectivity index (χ1) is 10.5. The monoisotopic (exact) mass is 296 g/mol. The van der Waals surface area contributed by atoms with E-state index < -0.39 is 0 Å². The Balaban J connectivity index is 2.41. The van der Waals surface area contributed by atoms with Gasteiger partial charge in [-0.1, -0.05) is 48.0 Å². The molecule has 0 spiro atoms. The van der Waals surface area contributed by atoms with Crippen molar-refractivity contribution in [1.29, 1.82) is 0 Å². The molecule has 2 nitrogen and oxygen atoms in total. The van der Waals surface area contributed by atoms with Gasteiger partial charge in [0.15, 0.2) is 0 Å². The molecule has 0 radical (unpaired) electrons. The highest BCUT2D eigenvalue weighted by Crippen LogP contribution is 2.29. The summed E-state index contributed by atoms with van der Waals surface area (Å²) >= 11 is 0. The van der Waals surface area contributed by atoms with Crippen molar-refractivity contribution in [2.45, 2.75) is 33.6 Å². The first-order valence-electron chi connectivity index (χ1n) is 7.67. The standard InChI is InChI=1S/C20H24O2/c1-14(2)20(22)12-11-15(3)19(13-21)18-10-6-8-16-7-4-5-9-17(16)18/h4-10,21-22H,11-13H2,1-3H3/b19-15+. The van der Waals surface area contributed by atoms with Crippen molar-refractivity contribution in [2.24, 2.45) is 0 Å². The van der Waals surface area contributed by atoms with Crippen molar-refractivity contribution in [3.05, 3.63) is 64.9 Å². The van der Waals surface area contributed by atoms with Gasteiger partial charge in [-0.2, -0.15) is 0 Å². The molecule has 2 aromatic carbocycles. The fourth-order valence-corrected chi connectivity index (χ4v) is 2.65. The van der Waals surface area contributed by atoms with Gasteiger partial charge >= 0.3 is 0 Å². The van der Waals surface area contributed by atoms with Gasteiger partial charge in [0.1, 0.15) is 0 Å². The summed E-state index contributed by atoms with van der Waals surface area (Å²) < 4.78 is 0. The lowest BCUT2D eigenvalue weighted by molar-refractivity contribution is 0.348. The quantitative estimate of drug-likeness (QED) is 0.741. The van der Waals surface area contributed by atoms with E-state index in [1.54, 1.807) is 0 Å². The summed E-state index contributed by atoms with van der Waals surface area (Å²) in [5, 5.41) is 22.0. The normalized spacial score (nSPS) is 12.2. The van der Waals surface area contributed by atoms with Crippen LogP contribution in [0.2, 0.25) is 0 Å². The van der Waals surface area contributed by atoms with Gasteiger partial charge in [-0.05, 0) is 54.7 Å².